The second-order valence-electron chi connectivity index (χ2n) is 3.36. The van der Waals surface area contributed by atoms with Crippen molar-refractivity contribution in [1.82, 2.24) is 0 Å². The number of hydrogen-bond donors (Lipinski definition) is 3. The number of rotatable bonds is 3. The molecule has 84 valence electrons. The van der Waals surface area contributed by atoms with Crippen molar-refractivity contribution in [3.8, 4) is 11.5 Å². The van der Waals surface area contributed by atoms with E-state index < -0.39 is 12.1 Å². The van der Waals surface area contributed by atoms with E-state index in [0.717, 1.165) is 0 Å². The molecule has 0 saturated heterocycles. The Hall–Kier alpha value is -0.780. The van der Waals surface area contributed by atoms with Gasteiger partial charge in [0.15, 0.2) is 0 Å². The summed E-state index contributed by atoms with van der Waals surface area (Å²) in [6.45, 7) is 1.69. The highest BCUT2D eigenvalue weighted by Gasteiger charge is 2.16. The van der Waals surface area contributed by atoms with Gasteiger partial charge in [-0.05, 0) is 40.5 Å². The van der Waals surface area contributed by atoms with Crippen molar-refractivity contribution in [1.29, 1.82) is 0 Å². The van der Waals surface area contributed by atoms with Gasteiger partial charge in [-0.2, -0.15) is 0 Å². The minimum atomic E-state index is -0.821. The van der Waals surface area contributed by atoms with Gasteiger partial charge in [0.2, 0.25) is 0 Å². The van der Waals surface area contributed by atoms with Crippen LogP contribution in [0.2, 0.25) is 0 Å². The summed E-state index contributed by atoms with van der Waals surface area (Å²) in [4.78, 5) is 0. The molecule has 0 aromatic heterocycles. The molecule has 4 N–H and O–H groups in total. The molecular formula is C10H14BrNO3. The van der Waals surface area contributed by atoms with E-state index >= 15 is 0 Å². The maximum Gasteiger partial charge on any atom is 0.137 e. The van der Waals surface area contributed by atoms with E-state index in [4.69, 9.17) is 10.5 Å². The Morgan fingerprint density at radius 1 is 1.47 bits per heavy atom. The summed E-state index contributed by atoms with van der Waals surface area (Å²) in [5, 5.41) is 19.3. The first kappa shape index (κ1) is 12.3. The van der Waals surface area contributed by atoms with Crippen molar-refractivity contribution in [3.63, 3.8) is 0 Å². The van der Waals surface area contributed by atoms with E-state index in [0.29, 0.717) is 15.8 Å². The number of phenols is 1. The van der Waals surface area contributed by atoms with E-state index in [1.807, 2.05) is 0 Å². The number of aromatic hydroxyl groups is 1. The van der Waals surface area contributed by atoms with Crippen LogP contribution >= 0.6 is 15.9 Å². The highest BCUT2D eigenvalue weighted by Crippen LogP contribution is 2.36. The Morgan fingerprint density at radius 3 is 2.53 bits per heavy atom. The number of benzene rings is 1. The fourth-order valence-corrected chi connectivity index (χ4v) is 1.62. The third kappa shape index (κ3) is 2.62. The first-order valence-electron chi connectivity index (χ1n) is 4.47. The minimum Gasteiger partial charge on any atom is -0.507 e. The Kier molecular flexibility index (Phi) is 3.96. The molecule has 15 heavy (non-hydrogen) atoms. The van der Waals surface area contributed by atoms with Crippen molar-refractivity contribution < 1.29 is 14.9 Å². The van der Waals surface area contributed by atoms with Gasteiger partial charge in [0, 0.05) is 6.04 Å². The van der Waals surface area contributed by atoms with E-state index in [1.54, 1.807) is 13.0 Å². The van der Waals surface area contributed by atoms with Crippen LogP contribution in [0.15, 0.2) is 16.6 Å². The lowest BCUT2D eigenvalue weighted by molar-refractivity contribution is 0.152. The zero-order chi connectivity index (χ0) is 11.6. The zero-order valence-electron chi connectivity index (χ0n) is 8.57. The number of nitrogens with two attached hydrogens (primary N) is 1. The van der Waals surface area contributed by atoms with Gasteiger partial charge >= 0.3 is 0 Å². The molecule has 0 saturated carbocycles. The van der Waals surface area contributed by atoms with Gasteiger partial charge in [0.05, 0.1) is 13.2 Å². The lowest BCUT2D eigenvalue weighted by Crippen LogP contribution is -2.24. The summed E-state index contributed by atoms with van der Waals surface area (Å²) in [6.07, 6.45) is -0.821. The molecule has 4 nitrogen and oxygen atoms in total. The molecule has 1 aromatic rings. The fraction of sp³-hybridized carbons (Fsp3) is 0.400. The van der Waals surface area contributed by atoms with E-state index in [2.05, 4.69) is 15.9 Å². The second kappa shape index (κ2) is 4.83. The topological polar surface area (TPSA) is 75.7 Å². The average molecular weight is 276 g/mol. The molecule has 0 aliphatic rings. The third-order valence-corrected chi connectivity index (χ3v) is 2.90. The average Bonchev–Trinajstić information content (AvgIpc) is 2.20. The van der Waals surface area contributed by atoms with Gasteiger partial charge in [0.25, 0.3) is 0 Å². The largest absolute Gasteiger partial charge is 0.507 e. The molecule has 0 bridgehead atoms. The predicted molar refractivity (Wildman–Crippen MR) is 61.0 cm³/mol. The predicted octanol–water partition coefficient (Wildman–Crippen LogP) is 1.54. The number of phenolic OH excluding ortho intramolecular Hbond substituents is 1. The van der Waals surface area contributed by atoms with Crippen LogP contribution in [0.3, 0.4) is 0 Å². The van der Waals surface area contributed by atoms with Crippen LogP contribution in [0.1, 0.15) is 18.6 Å². The van der Waals surface area contributed by atoms with E-state index in [9.17, 15) is 10.2 Å². The summed E-state index contributed by atoms with van der Waals surface area (Å²) in [5.41, 5.74) is 6.09. The number of aliphatic hydroxyl groups excluding tert-OH is 1. The molecule has 0 aliphatic carbocycles. The van der Waals surface area contributed by atoms with Crippen molar-refractivity contribution in [3.05, 3.63) is 22.2 Å². The van der Waals surface area contributed by atoms with Gasteiger partial charge in [-0.1, -0.05) is 0 Å². The Balaban J connectivity index is 3.16. The van der Waals surface area contributed by atoms with Crippen LogP contribution in [0.5, 0.6) is 11.5 Å². The SMILES string of the molecule is COc1cc(C(O)C(C)N)cc(O)c1Br. The zero-order valence-corrected chi connectivity index (χ0v) is 10.2. The second-order valence-corrected chi connectivity index (χ2v) is 4.15. The molecule has 2 atom stereocenters. The molecule has 2 unspecified atom stereocenters. The minimum absolute atomic E-state index is 0.0176. The van der Waals surface area contributed by atoms with Crippen molar-refractivity contribution in [2.45, 2.75) is 19.1 Å². The molecular weight excluding hydrogens is 262 g/mol. The van der Waals surface area contributed by atoms with E-state index in [1.165, 1.54) is 13.2 Å². The number of methoxy groups -OCH3 is 1. The van der Waals surface area contributed by atoms with Crippen LogP contribution in [-0.2, 0) is 0 Å². The van der Waals surface area contributed by atoms with Gasteiger partial charge in [-0.3, -0.25) is 0 Å². The van der Waals surface area contributed by atoms with Crippen LogP contribution in [-0.4, -0.2) is 23.4 Å². The maximum atomic E-state index is 9.73. The van der Waals surface area contributed by atoms with Gasteiger partial charge < -0.3 is 20.7 Å². The first-order chi connectivity index (χ1) is 6.97. The molecule has 0 amide bonds. The highest BCUT2D eigenvalue weighted by atomic mass is 79.9. The first-order valence-corrected chi connectivity index (χ1v) is 5.26. The summed E-state index contributed by atoms with van der Waals surface area (Å²) >= 11 is 3.17. The number of halogens is 1. The third-order valence-electron chi connectivity index (χ3n) is 2.10. The van der Waals surface area contributed by atoms with Crippen molar-refractivity contribution >= 4 is 15.9 Å². The summed E-state index contributed by atoms with van der Waals surface area (Å²) in [7, 11) is 1.49. The van der Waals surface area contributed by atoms with Crippen LogP contribution in [0.4, 0.5) is 0 Å². The molecule has 0 aliphatic heterocycles. The van der Waals surface area contributed by atoms with Crippen molar-refractivity contribution in [2.75, 3.05) is 7.11 Å². The molecule has 1 rings (SSSR count). The molecule has 0 fully saturated rings. The monoisotopic (exact) mass is 275 g/mol. The summed E-state index contributed by atoms with van der Waals surface area (Å²) in [6, 6.07) is 2.69. The number of hydrogen-bond acceptors (Lipinski definition) is 4. The van der Waals surface area contributed by atoms with Crippen LogP contribution in [0, 0.1) is 0 Å². The van der Waals surface area contributed by atoms with E-state index in [-0.39, 0.29) is 5.75 Å². The summed E-state index contributed by atoms with van der Waals surface area (Å²) < 4.78 is 5.50. The van der Waals surface area contributed by atoms with Gasteiger partial charge in [0.1, 0.15) is 16.0 Å². The summed E-state index contributed by atoms with van der Waals surface area (Å²) in [5.74, 6) is 0.480. The standard InChI is InChI=1S/C10H14BrNO3/c1-5(12)10(14)6-3-7(13)9(11)8(4-6)15-2/h3-5,10,13-14H,12H2,1-2H3. The van der Waals surface area contributed by atoms with Gasteiger partial charge in [-0.25, -0.2) is 0 Å². The lowest BCUT2D eigenvalue weighted by Gasteiger charge is -2.16. The fourth-order valence-electron chi connectivity index (χ4n) is 1.23. The Labute approximate surface area is 96.8 Å². The molecule has 0 heterocycles. The quantitative estimate of drug-likeness (QED) is 0.782. The smallest absolute Gasteiger partial charge is 0.137 e. The number of ether oxygens (including phenoxy) is 1. The van der Waals surface area contributed by atoms with Crippen molar-refractivity contribution in [2.24, 2.45) is 5.73 Å². The molecule has 1 aromatic carbocycles. The van der Waals surface area contributed by atoms with Gasteiger partial charge in [-0.15, -0.1) is 0 Å². The van der Waals surface area contributed by atoms with Crippen LogP contribution in [0.25, 0.3) is 0 Å². The normalized spacial score (nSPS) is 14.7. The lowest BCUT2D eigenvalue weighted by atomic mass is 10.0. The maximum absolute atomic E-state index is 9.73. The molecule has 0 radical (unpaired) electrons. The highest BCUT2D eigenvalue weighted by molar-refractivity contribution is 9.10. The van der Waals surface area contributed by atoms with Crippen LogP contribution < -0.4 is 10.5 Å². The number of aliphatic hydroxyl groups is 1. The molecule has 5 heteroatoms. The Bertz CT molecular complexity index is 355. The molecule has 0 spiro atoms. The Morgan fingerprint density at radius 2 is 2.07 bits per heavy atom.